The van der Waals surface area contributed by atoms with E-state index < -0.39 is 0 Å². The molecule has 28 heavy (non-hydrogen) atoms. The average Bonchev–Trinajstić information content (AvgIpc) is 3.34. The van der Waals surface area contributed by atoms with Crippen molar-refractivity contribution in [3.63, 3.8) is 0 Å². The molecule has 0 aromatic carbocycles. The molecule has 0 saturated carbocycles. The van der Waals surface area contributed by atoms with Crippen molar-refractivity contribution in [1.29, 1.82) is 0 Å². The van der Waals surface area contributed by atoms with Crippen molar-refractivity contribution in [3.05, 3.63) is 11.1 Å². The van der Waals surface area contributed by atoms with Crippen LogP contribution in [0.25, 0.3) is 0 Å². The van der Waals surface area contributed by atoms with Crippen molar-refractivity contribution in [2.24, 2.45) is 10.7 Å². The fraction of sp³-hybridized carbons (Fsp3) is 0.737. The zero-order valence-electron chi connectivity index (χ0n) is 16.8. The molecule has 1 aromatic heterocycles. The van der Waals surface area contributed by atoms with Gasteiger partial charge in [0.05, 0.1) is 12.2 Å². The molecule has 1 amide bonds. The van der Waals surface area contributed by atoms with Gasteiger partial charge in [0.15, 0.2) is 11.1 Å². The van der Waals surface area contributed by atoms with Gasteiger partial charge in [-0.1, -0.05) is 0 Å². The minimum Gasteiger partial charge on any atom is -0.369 e. The predicted octanol–water partition coefficient (Wildman–Crippen LogP) is 0.791. The number of nitrogens with one attached hydrogen (secondary N) is 2. The lowest BCUT2D eigenvalue weighted by Gasteiger charge is -2.32. The Morgan fingerprint density at radius 3 is 2.75 bits per heavy atom. The number of anilines is 1. The highest BCUT2D eigenvalue weighted by Gasteiger charge is 2.21. The van der Waals surface area contributed by atoms with Gasteiger partial charge in [0.2, 0.25) is 5.91 Å². The summed E-state index contributed by atoms with van der Waals surface area (Å²) >= 11 is 1.75. The monoisotopic (exact) mass is 407 g/mol. The Morgan fingerprint density at radius 2 is 2.07 bits per heavy atom. The molecule has 156 valence electrons. The Morgan fingerprint density at radius 1 is 1.32 bits per heavy atom. The van der Waals surface area contributed by atoms with E-state index in [1.165, 1.54) is 12.8 Å². The first-order valence-electron chi connectivity index (χ1n) is 10.4. The van der Waals surface area contributed by atoms with Gasteiger partial charge in [0.25, 0.3) is 0 Å². The number of hydrogen-bond acceptors (Lipinski definition) is 6. The number of guanidine groups is 1. The number of nitrogens with two attached hydrogens (primary N) is 1. The third-order valence-corrected chi connectivity index (χ3v) is 6.16. The number of likely N-dealkylation sites (tertiary alicyclic amines) is 1. The van der Waals surface area contributed by atoms with Crippen LogP contribution in [-0.2, 0) is 11.2 Å². The molecule has 0 unspecified atom stereocenters. The van der Waals surface area contributed by atoms with E-state index in [9.17, 15) is 4.79 Å². The molecule has 2 fully saturated rings. The molecule has 0 radical (unpaired) electrons. The lowest BCUT2D eigenvalue weighted by molar-refractivity contribution is -0.119. The zero-order chi connectivity index (χ0) is 19.8. The highest BCUT2D eigenvalue weighted by molar-refractivity contribution is 7.13. The second-order valence-corrected chi connectivity index (χ2v) is 8.32. The highest BCUT2D eigenvalue weighted by Crippen LogP contribution is 2.24. The van der Waals surface area contributed by atoms with E-state index >= 15 is 0 Å². The summed E-state index contributed by atoms with van der Waals surface area (Å²) in [7, 11) is 0. The number of carbonyl (C=O) groups is 1. The fourth-order valence-corrected chi connectivity index (χ4v) is 4.63. The van der Waals surface area contributed by atoms with Crippen molar-refractivity contribution in [1.82, 2.24) is 20.5 Å². The van der Waals surface area contributed by atoms with Crippen molar-refractivity contribution >= 4 is 28.3 Å². The number of aliphatic imine (C=N–C) groups is 1. The Hall–Kier alpha value is -1.87. The molecule has 0 bridgehead atoms. The first kappa shape index (κ1) is 20.9. The zero-order valence-corrected chi connectivity index (χ0v) is 17.6. The summed E-state index contributed by atoms with van der Waals surface area (Å²) in [6.45, 7) is 8.04. The minimum atomic E-state index is -0.253. The van der Waals surface area contributed by atoms with E-state index in [0.29, 0.717) is 12.6 Å². The normalized spacial score (nSPS) is 19.2. The maximum atomic E-state index is 11.1. The maximum absolute atomic E-state index is 11.1. The van der Waals surface area contributed by atoms with Crippen LogP contribution in [0.5, 0.6) is 0 Å². The SMILES string of the molecule is CCNC(=NCCc1csc(N2CCCC2)n1)NC1CCN(CC(N)=O)CC1. The van der Waals surface area contributed by atoms with Crippen molar-refractivity contribution in [2.45, 2.75) is 45.1 Å². The summed E-state index contributed by atoms with van der Waals surface area (Å²) in [6.07, 6.45) is 5.39. The molecule has 8 nitrogen and oxygen atoms in total. The molecule has 1 aromatic rings. The summed E-state index contributed by atoms with van der Waals surface area (Å²) in [5, 5.41) is 10.2. The lowest BCUT2D eigenvalue weighted by Crippen LogP contribution is -2.49. The van der Waals surface area contributed by atoms with Gasteiger partial charge in [-0.05, 0) is 32.6 Å². The molecular formula is C19H33N7OS. The molecule has 3 heterocycles. The third kappa shape index (κ3) is 6.34. The van der Waals surface area contributed by atoms with Crippen molar-refractivity contribution in [2.75, 3.05) is 50.7 Å². The second-order valence-electron chi connectivity index (χ2n) is 7.49. The summed E-state index contributed by atoms with van der Waals surface area (Å²) in [5.74, 6) is 0.613. The first-order chi connectivity index (χ1) is 13.6. The highest BCUT2D eigenvalue weighted by atomic mass is 32.1. The lowest BCUT2D eigenvalue weighted by atomic mass is 10.1. The van der Waals surface area contributed by atoms with Crippen LogP contribution in [0.3, 0.4) is 0 Å². The molecule has 0 atom stereocenters. The fourth-order valence-electron chi connectivity index (χ4n) is 3.72. The van der Waals surface area contributed by atoms with E-state index in [1.54, 1.807) is 11.3 Å². The number of piperidine rings is 1. The Balaban J connectivity index is 1.44. The van der Waals surface area contributed by atoms with Crippen LogP contribution in [0.4, 0.5) is 5.13 Å². The molecule has 2 aliphatic heterocycles. The Labute approximate surface area is 171 Å². The van der Waals surface area contributed by atoms with Crippen LogP contribution >= 0.6 is 11.3 Å². The molecular weight excluding hydrogens is 374 g/mol. The summed E-state index contributed by atoms with van der Waals surface area (Å²) < 4.78 is 0. The molecule has 3 rings (SSSR count). The number of hydrogen-bond donors (Lipinski definition) is 3. The molecule has 2 aliphatic rings. The molecule has 2 saturated heterocycles. The quantitative estimate of drug-likeness (QED) is 0.435. The molecule has 9 heteroatoms. The van der Waals surface area contributed by atoms with Gasteiger partial charge >= 0.3 is 0 Å². The number of carbonyl (C=O) groups excluding carboxylic acids is 1. The summed E-state index contributed by atoms with van der Waals surface area (Å²) in [4.78, 5) is 25.1. The Kier molecular flexibility index (Phi) is 7.90. The number of aromatic nitrogens is 1. The standard InChI is InChI=1S/C19H33N7OS/c1-2-21-18(23-15-6-11-25(12-7-15)13-17(20)27)22-8-5-16-14-28-19(24-16)26-9-3-4-10-26/h14-15H,2-13H2,1H3,(H2,20,27)(H2,21,22,23). The molecule has 0 aliphatic carbocycles. The number of nitrogens with zero attached hydrogens (tertiary/aromatic N) is 4. The average molecular weight is 408 g/mol. The van der Waals surface area contributed by atoms with E-state index in [-0.39, 0.29) is 5.91 Å². The van der Waals surface area contributed by atoms with E-state index in [0.717, 1.165) is 75.3 Å². The Bertz CT molecular complexity index is 648. The maximum Gasteiger partial charge on any atom is 0.231 e. The number of amides is 1. The van der Waals surface area contributed by atoms with Gasteiger partial charge < -0.3 is 21.3 Å². The third-order valence-electron chi connectivity index (χ3n) is 5.21. The largest absolute Gasteiger partial charge is 0.369 e. The van der Waals surface area contributed by atoms with E-state index in [4.69, 9.17) is 15.7 Å². The van der Waals surface area contributed by atoms with E-state index in [2.05, 4.69) is 32.7 Å². The summed E-state index contributed by atoms with van der Waals surface area (Å²) in [5.41, 5.74) is 6.42. The first-order valence-corrected chi connectivity index (χ1v) is 11.3. The van der Waals surface area contributed by atoms with Crippen molar-refractivity contribution in [3.8, 4) is 0 Å². The van der Waals surface area contributed by atoms with Crippen LogP contribution < -0.4 is 21.3 Å². The van der Waals surface area contributed by atoms with Gasteiger partial charge in [0, 0.05) is 57.1 Å². The number of primary amides is 1. The van der Waals surface area contributed by atoms with Gasteiger partial charge in [-0.3, -0.25) is 14.7 Å². The van der Waals surface area contributed by atoms with Gasteiger partial charge in [-0.25, -0.2) is 4.98 Å². The van der Waals surface area contributed by atoms with Gasteiger partial charge in [0.1, 0.15) is 0 Å². The van der Waals surface area contributed by atoms with Crippen molar-refractivity contribution < 1.29 is 4.79 Å². The van der Waals surface area contributed by atoms with Crippen LogP contribution in [0.15, 0.2) is 10.4 Å². The smallest absolute Gasteiger partial charge is 0.231 e. The topological polar surface area (TPSA) is 98.9 Å². The molecule has 0 spiro atoms. The predicted molar refractivity (Wildman–Crippen MR) is 115 cm³/mol. The minimum absolute atomic E-state index is 0.253. The van der Waals surface area contributed by atoms with Gasteiger partial charge in [-0.15, -0.1) is 11.3 Å². The number of rotatable bonds is 8. The van der Waals surface area contributed by atoms with Crippen LogP contribution in [0.1, 0.15) is 38.3 Å². The van der Waals surface area contributed by atoms with Crippen LogP contribution in [-0.4, -0.2) is 73.6 Å². The van der Waals surface area contributed by atoms with Gasteiger partial charge in [-0.2, -0.15) is 0 Å². The number of thiazole rings is 1. The summed E-state index contributed by atoms with van der Waals surface area (Å²) in [6, 6.07) is 0.378. The molecule has 4 N–H and O–H groups in total. The van der Waals surface area contributed by atoms with E-state index in [1.807, 2.05) is 0 Å². The van der Waals surface area contributed by atoms with Crippen LogP contribution in [0, 0.1) is 0 Å². The second kappa shape index (κ2) is 10.6. The van der Waals surface area contributed by atoms with Crippen LogP contribution in [0.2, 0.25) is 0 Å².